The Morgan fingerprint density at radius 3 is 2.78 bits per heavy atom. The minimum Gasteiger partial charge on any atom is -0.284 e. The molecule has 0 aliphatic carbocycles. The van der Waals surface area contributed by atoms with E-state index in [1.54, 1.807) is 12.1 Å². The second-order valence-corrected chi connectivity index (χ2v) is 6.50. The van der Waals surface area contributed by atoms with Crippen molar-refractivity contribution in [2.75, 3.05) is 30.4 Å². The van der Waals surface area contributed by atoms with Crippen LogP contribution in [0.3, 0.4) is 0 Å². The molecule has 2 saturated heterocycles. The maximum absolute atomic E-state index is 12.2. The molecule has 2 fully saturated rings. The number of carbonyl (C=O) groups excluding carboxylic acids is 1. The number of nitro benzene ring substituents is 1. The van der Waals surface area contributed by atoms with Crippen LogP contribution in [0.5, 0.6) is 0 Å². The van der Waals surface area contributed by atoms with Crippen molar-refractivity contribution in [1.82, 2.24) is 4.90 Å². The lowest BCUT2D eigenvalue weighted by atomic mass is 10.1. The zero-order valence-corrected chi connectivity index (χ0v) is 13.5. The highest BCUT2D eigenvalue weighted by Gasteiger charge is 2.30. The molecule has 0 radical (unpaired) electrons. The average Bonchev–Trinajstić information content (AvgIpc) is 2.95. The van der Waals surface area contributed by atoms with Gasteiger partial charge in [0.1, 0.15) is 0 Å². The van der Waals surface area contributed by atoms with E-state index in [9.17, 15) is 14.9 Å². The van der Waals surface area contributed by atoms with E-state index in [1.807, 2.05) is 0 Å². The molecule has 0 N–H and O–H groups in total. The van der Waals surface area contributed by atoms with Gasteiger partial charge in [-0.2, -0.15) is 0 Å². The van der Waals surface area contributed by atoms with Crippen molar-refractivity contribution in [2.45, 2.75) is 19.3 Å². The molecule has 3 rings (SSSR count). The molecule has 23 heavy (non-hydrogen) atoms. The lowest BCUT2D eigenvalue weighted by molar-refractivity contribution is -0.384. The first-order valence-electron chi connectivity index (χ1n) is 7.62. The Bertz CT molecular complexity index is 643. The molecule has 2 aliphatic rings. The number of rotatable bonds is 4. The third-order valence-corrected chi connectivity index (χ3v) is 4.88. The van der Waals surface area contributed by atoms with Crippen LogP contribution in [-0.2, 0) is 4.79 Å². The molecule has 2 aliphatic heterocycles. The number of benzene rings is 1. The van der Waals surface area contributed by atoms with Crippen molar-refractivity contribution in [1.29, 1.82) is 0 Å². The predicted molar refractivity (Wildman–Crippen MR) is 90.8 cm³/mol. The number of anilines is 1. The van der Waals surface area contributed by atoms with Gasteiger partial charge in [0.2, 0.25) is 5.91 Å². The third-order valence-electron chi connectivity index (χ3n) is 3.92. The van der Waals surface area contributed by atoms with Gasteiger partial charge in [0.05, 0.1) is 23.0 Å². The fourth-order valence-corrected chi connectivity index (χ4v) is 3.61. The second kappa shape index (κ2) is 7.10. The van der Waals surface area contributed by atoms with Crippen molar-refractivity contribution in [3.63, 3.8) is 0 Å². The van der Waals surface area contributed by atoms with Gasteiger partial charge < -0.3 is 0 Å². The van der Waals surface area contributed by atoms with Crippen LogP contribution >= 0.6 is 11.8 Å². The summed E-state index contributed by atoms with van der Waals surface area (Å²) in [6.07, 6.45) is 3.64. The SMILES string of the molecule is O=C1CSC(=NCN2CCCCC2)N1c1cccc([N+](=O)[O-])c1. The largest absolute Gasteiger partial charge is 0.284 e. The molecule has 0 unspecified atom stereocenters. The first-order valence-corrected chi connectivity index (χ1v) is 8.61. The van der Waals surface area contributed by atoms with Crippen molar-refractivity contribution in [3.8, 4) is 0 Å². The van der Waals surface area contributed by atoms with Crippen LogP contribution in [0.25, 0.3) is 0 Å². The van der Waals surface area contributed by atoms with E-state index in [0.29, 0.717) is 23.3 Å². The first kappa shape index (κ1) is 15.9. The molecule has 0 atom stereocenters. The first-order chi connectivity index (χ1) is 11.1. The van der Waals surface area contributed by atoms with E-state index in [-0.39, 0.29) is 11.6 Å². The number of piperidine rings is 1. The number of nitrogens with zero attached hydrogens (tertiary/aromatic N) is 4. The number of thioether (sulfide) groups is 1. The molecule has 7 nitrogen and oxygen atoms in total. The summed E-state index contributed by atoms with van der Waals surface area (Å²) in [5.41, 5.74) is 0.481. The Balaban J connectivity index is 1.79. The summed E-state index contributed by atoms with van der Waals surface area (Å²) in [4.78, 5) is 31.0. The molecule has 1 aromatic rings. The number of likely N-dealkylation sites (tertiary alicyclic amines) is 1. The molecule has 8 heteroatoms. The molecule has 1 amide bonds. The van der Waals surface area contributed by atoms with Gasteiger partial charge in [-0.1, -0.05) is 24.2 Å². The van der Waals surface area contributed by atoms with Crippen LogP contribution in [0, 0.1) is 10.1 Å². The van der Waals surface area contributed by atoms with Gasteiger partial charge in [-0.15, -0.1) is 0 Å². The minimum absolute atomic E-state index is 0.0254. The number of carbonyl (C=O) groups is 1. The molecule has 0 spiro atoms. The summed E-state index contributed by atoms with van der Waals surface area (Å²) in [6.45, 7) is 2.64. The van der Waals surface area contributed by atoms with Gasteiger partial charge >= 0.3 is 0 Å². The fourth-order valence-electron chi connectivity index (χ4n) is 2.74. The van der Waals surface area contributed by atoms with Crippen molar-refractivity contribution in [2.24, 2.45) is 4.99 Å². The number of amidine groups is 1. The minimum atomic E-state index is -0.457. The maximum atomic E-state index is 12.2. The topological polar surface area (TPSA) is 79.0 Å². The zero-order valence-electron chi connectivity index (χ0n) is 12.7. The summed E-state index contributed by atoms with van der Waals surface area (Å²) < 4.78 is 0. The Hall–Kier alpha value is -1.93. The van der Waals surface area contributed by atoms with Crippen LogP contribution in [0.1, 0.15) is 19.3 Å². The third kappa shape index (κ3) is 3.70. The highest BCUT2D eigenvalue weighted by Crippen LogP contribution is 2.29. The second-order valence-electron chi connectivity index (χ2n) is 5.56. The number of aliphatic imine (C=N–C) groups is 1. The quantitative estimate of drug-likeness (QED) is 0.624. The average molecular weight is 334 g/mol. The van der Waals surface area contributed by atoms with Gasteiger partial charge in [-0.3, -0.25) is 24.7 Å². The summed E-state index contributed by atoms with van der Waals surface area (Å²) in [5, 5.41) is 11.5. The molecule has 1 aromatic carbocycles. The van der Waals surface area contributed by atoms with Crippen LogP contribution in [0.4, 0.5) is 11.4 Å². The number of amides is 1. The standard InChI is InChI=1S/C15H18N4O3S/c20-14-10-23-15(16-11-17-7-2-1-3-8-17)18(14)12-5-4-6-13(9-12)19(21)22/h4-6,9H,1-3,7-8,10-11H2. The lowest BCUT2D eigenvalue weighted by Gasteiger charge is -2.25. The van der Waals surface area contributed by atoms with Gasteiger partial charge in [-0.05, 0) is 32.0 Å². The normalized spacial score (nSPS) is 21.1. The van der Waals surface area contributed by atoms with Gasteiger partial charge in [0.15, 0.2) is 5.17 Å². The zero-order chi connectivity index (χ0) is 16.2. The number of hydrogen-bond acceptors (Lipinski definition) is 6. The Labute approximate surface area is 138 Å². The van der Waals surface area contributed by atoms with Gasteiger partial charge in [0, 0.05) is 12.1 Å². The number of non-ortho nitro benzene ring substituents is 1. The van der Waals surface area contributed by atoms with E-state index < -0.39 is 4.92 Å². The van der Waals surface area contributed by atoms with Crippen LogP contribution in [0.2, 0.25) is 0 Å². The van der Waals surface area contributed by atoms with E-state index in [0.717, 1.165) is 13.1 Å². The van der Waals surface area contributed by atoms with Crippen molar-refractivity contribution < 1.29 is 9.72 Å². The van der Waals surface area contributed by atoms with Crippen molar-refractivity contribution >= 4 is 34.2 Å². The summed E-state index contributed by atoms with van der Waals surface area (Å²) in [5.74, 6) is 0.231. The van der Waals surface area contributed by atoms with E-state index in [2.05, 4.69) is 9.89 Å². The smallest absolute Gasteiger partial charge is 0.271 e. The molecule has 2 heterocycles. The highest BCUT2D eigenvalue weighted by atomic mass is 32.2. The number of hydrogen-bond donors (Lipinski definition) is 0. The molecule has 122 valence electrons. The molecule has 0 saturated carbocycles. The molecule has 0 aromatic heterocycles. The van der Waals surface area contributed by atoms with Gasteiger partial charge in [0.25, 0.3) is 5.69 Å². The Morgan fingerprint density at radius 2 is 2.04 bits per heavy atom. The maximum Gasteiger partial charge on any atom is 0.271 e. The fraction of sp³-hybridized carbons (Fsp3) is 0.467. The predicted octanol–water partition coefficient (Wildman–Crippen LogP) is 2.47. The molecular formula is C15H18N4O3S. The van der Waals surface area contributed by atoms with Crippen LogP contribution in [-0.4, -0.2) is 46.4 Å². The summed E-state index contributed by atoms with van der Waals surface area (Å²) in [6, 6.07) is 6.13. The van der Waals surface area contributed by atoms with E-state index in [1.165, 1.54) is 48.1 Å². The van der Waals surface area contributed by atoms with E-state index in [4.69, 9.17) is 0 Å². The van der Waals surface area contributed by atoms with Crippen molar-refractivity contribution in [3.05, 3.63) is 34.4 Å². The van der Waals surface area contributed by atoms with E-state index >= 15 is 0 Å². The van der Waals surface area contributed by atoms with Gasteiger partial charge in [-0.25, -0.2) is 4.99 Å². The summed E-state index contributed by atoms with van der Waals surface area (Å²) in [7, 11) is 0. The lowest BCUT2D eigenvalue weighted by Crippen LogP contribution is -2.33. The van der Waals surface area contributed by atoms with Crippen LogP contribution in [0.15, 0.2) is 29.3 Å². The van der Waals surface area contributed by atoms with Crippen LogP contribution < -0.4 is 4.90 Å². The Morgan fingerprint density at radius 1 is 1.26 bits per heavy atom. The summed E-state index contributed by atoms with van der Waals surface area (Å²) >= 11 is 1.39. The highest BCUT2D eigenvalue weighted by molar-refractivity contribution is 8.15. The molecule has 0 bridgehead atoms. The monoisotopic (exact) mass is 334 g/mol. The molecular weight excluding hydrogens is 316 g/mol. The Kier molecular flexibility index (Phi) is 4.92. The number of nitro groups is 1.